The van der Waals surface area contributed by atoms with Crippen molar-refractivity contribution in [3.8, 4) is 0 Å². The van der Waals surface area contributed by atoms with Gasteiger partial charge in [0.25, 0.3) is 5.91 Å². The number of esters is 1. The summed E-state index contributed by atoms with van der Waals surface area (Å²) in [4.78, 5) is 31.3. The van der Waals surface area contributed by atoms with E-state index in [4.69, 9.17) is 0 Å². The van der Waals surface area contributed by atoms with Gasteiger partial charge in [-0.3, -0.25) is 4.79 Å². The van der Waals surface area contributed by atoms with Gasteiger partial charge in [-0.25, -0.2) is 9.78 Å². The summed E-state index contributed by atoms with van der Waals surface area (Å²) in [6.07, 6.45) is 4.76. The Morgan fingerprint density at radius 2 is 2.12 bits per heavy atom. The van der Waals surface area contributed by atoms with Crippen molar-refractivity contribution in [3.05, 3.63) is 29.7 Å². The number of pyridine rings is 1. The number of hydrogen-bond acceptors (Lipinski definition) is 4. The molecule has 6 nitrogen and oxygen atoms in total. The Morgan fingerprint density at radius 3 is 2.80 bits per heavy atom. The molecule has 6 heteroatoms. The Morgan fingerprint density at radius 1 is 1.36 bits per heavy atom. The molecule has 1 unspecified atom stereocenters. The summed E-state index contributed by atoms with van der Waals surface area (Å²) in [5.74, 6) is -0.162. The lowest BCUT2D eigenvalue weighted by molar-refractivity contribution is 0.0594. The summed E-state index contributed by atoms with van der Waals surface area (Å²) in [5.41, 5.74) is 1.77. The van der Waals surface area contributed by atoms with Crippen LogP contribution in [0.1, 0.15) is 61.0 Å². The second-order valence-corrected chi connectivity index (χ2v) is 7.80. The van der Waals surface area contributed by atoms with E-state index in [9.17, 15) is 9.59 Å². The molecular weight excluding hydrogens is 318 g/mol. The van der Waals surface area contributed by atoms with Gasteiger partial charge in [0.15, 0.2) is 0 Å². The Balaban J connectivity index is 1.75. The van der Waals surface area contributed by atoms with E-state index in [-0.39, 0.29) is 17.6 Å². The van der Waals surface area contributed by atoms with Crippen molar-refractivity contribution in [2.45, 2.75) is 46.1 Å². The van der Waals surface area contributed by atoms with Crippen molar-refractivity contribution < 1.29 is 14.3 Å². The molecule has 1 fully saturated rings. The van der Waals surface area contributed by atoms with Crippen LogP contribution in [0.2, 0.25) is 0 Å². The highest BCUT2D eigenvalue weighted by molar-refractivity contribution is 5.99. The van der Waals surface area contributed by atoms with Crippen LogP contribution in [-0.2, 0) is 4.74 Å². The van der Waals surface area contributed by atoms with Gasteiger partial charge in [0.05, 0.1) is 18.8 Å². The number of amides is 1. The van der Waals surface area contributed by atoms with E-state index >= 15 is 0 Å². The highest BCUT2D eigenvalue weighted by Crippen LogP contribution is 2.38. The fourth-order valence-electron chi connectivity index (χ4n) is 3.78. The van der Waals surface area contributed by atoms with Gasteiger partial charge in [-0.15, -0.1) is 0 Å². The number of ether oxygens (including phenoxy) is 1. The van der Waals surface area contributed by atoms with Gasteiger partial charge in [0, 0.05) is 11.4 Å². The summed E-state index contributed by atoms with van der Waals surface area (Å²) in [6, 6.07) is 3.56. The van der Waals surface area contributed by atoms with Crippen LogP contribution in [0.3, 0.4) is 0 Å². The zero-order valence-corrected chi connectivity index (χ0v) is 15.2. The Bertz CT molecular complexity index is 809. The molecule has 0 radical (unpaired) electrons. The standard InChI is InChI=1S/C19H25N3O3/c1-11-9-19(2,3)6-5-13(11)22-17(23)14-7-12-8-15(18(24)25-4)20-10-16(12)21-14/h7-8,10-11,13,21H,5-6,9H2,1-4H3,(H,22,23)/t11?,13-/m0/s1. The van der Waals surface area contributed by atoms with Crippen LogP contribution >= 0.6 is 0 Å². The van der Waals surface area contributed by atoms with E-state index in [1.54, 1.807) is 18.3 Å². The number of rotatable bonds is 3. The Kier molecular flexibility index (Phi) is 4.54. The molecule has 0 aliphatic heterocycles. The molecule has 2 aromatic heterocycles. The first-order valence-corrected chi connectivity index (χ1v) is 8.67. The third-order valence-electron chi connectivity index (χ3n) is 5.15. The third-order valence-corrected chi connectivity index (χ3v) is 5.15. The molecule has 1 saturated carbocycles. The first-order chi connectivity index (χ1) is 11.8. The van der Waals surface area contributed by atoms with Crippen molar-refractivity contribution in [2.24, 2.45) is 11.3 Å². The largest absolute Gasteiger partial charge is 0.464 e. The van der Waals surface area contributed by atoms with Crippen LogP contribution in [0.5, 0.6) is 0 Å². The van der Waals surface area contributed by atoms with E-state index < -0.39 is 5.97 Å². The maximum absolute atomic E-state index is 12.6. The number of nitrogens with zero attached hydrogens (tertiary/aromatic N) is 1. The predicted octanol–water partition coefficient (Wildman–Crippen LogP) is 3.29. The normalized spacial score (nSPS) is 22.6. The van der Waals surface area contributed by atoms with E-state index in [1.165, 1.54) is 7.11 Å². The van der Waals surface area contributed by atoms with Gasteiger partial charge >= 0.3 is 5.97 Å². The SMILES string of the molecule is COC(=O)c1cc2cc(C(=O)N[C@H]3CCC(C)(C)CC3C)[nH]c2cn1. The molecule has 134 valence electrons. The second kappa shape index (κ2) is 6.50. The summed E-state index contributed by atoms with van der Waals surface area (Å²) in [7, 11) is 1.32. The maximum Gasteiger partial charge on any atom is 0.356 e. The lowest BCUT2D eigenvalue weighted by Gasteiger charge is -2.39. The van der Waals surface area contributed by atoms with Crippen LogP contribution in [0.15, 0.2) is 18.3 Å². The number of carbonyl (C=O) groups excluding carboxylic acids is 2. The molecule has 0 bridgehead atoms. The lowest BCUT2D eigenvalue weighted by atomic mass is 9.70. The molecule has 0 spiro atoms. The van der Waals surface area contributed by atoms with E-state index in [1.807, 2.05) is 0 Å². The fourth-order valence-corrected chi connectivity index (χ4v) is 3.78. The quantitative estimate of drug-likeness (QED) is 0.838. The second-order valence-electron chi connectivity index (χ2n) is 7.80. The Labute approximate surface area is 147 Å². The van der Waals surface area contributed by atoms with E-state index in [0.717, 1.165) is 30.2 Å². The van der Waals surface area contributed by atoms with Crippen molar-refractivity contribution >= 4 is 22.8 Å². The molecule has 0 aromatic carbocycles. The summed E-state index contributed by atoms with van der Waals surface area (Å²) in [6.45, 7) is 6.76. The third kappa shape index (κ3) is 3.67. The van der Waals surface area contributed by atoms with Gasteiger partial charge in [0.1, 0.15) is 11.4 Å². The van der Waals surface area contributed by atoms with Crippen molar-refractivity contribution in [1.82, 2.24) is 15.3 Å². The summed E-state index contributed by atoms with van der Waals surface area (Å²) in [5, 5.41) is 3.91. The van der Waals surface area contributed by atoms with Gasteiger partial charge in [-0.05, 0) is 42.7 Å². The number of aromatic amines is 1. The van der Waals surface area contributed by atoms with Crippen LogP contribution in [0.25, 0.3) is 10.9 Å². The number of carbonyl (C=O) groups is 2. The minimum atomic E-state index is -0.493. The number of hydrogen-bond donors (Lipinski definition) is 2. The van der Waals surface area contributed by atoms with Gasteiger partial charge < -0.3 is 15.0 Å². The number of aromatic nitrogens is 2. The van der Waals surface area contributed by atoms with Gasteiger partial charge in [-0.1, -0.05) is 20.8 Å². The average Bonchev–Trinajstić information content (AvgIpc) is 2.99. The van der Waals surface area contributed by atoms with E-state index in [2.05, 4.69) is 40.8 Å². The first kappa shape index (κ1) is 17.5. The molecule has 25 heavy (non-hydrogen) atoms. The monoisotopic (exact) mass is 343 g/mol. The molecular formula is C19H25N3O3. The minimum Gasteiger partial charge on any atom is -0.464 e. The van der Waals surface area contributed by atoms with Gasteiger partial charge in [0.2, 0.25) is 0 Å². The topological polar surface area (TPSA) is 84.1 Å². The van der Waals surface area contributed by atoms with Gasteiger partial charge in [-0.2, -0.15) is 0 Å². The molecule has 2 N–H and O–H groups in total. The molecule has 1 amide bonds. The highest BCUT2D eigenvalue weighted by atomic mass is 16.5. The average molecular weight is 343 g/mol. The van der Waals surface area contributed by atoms with Crippen molar-refractivity contribution in [2.75, 3.05) is 7.11 Å². The van der Waals surface area contributed by atoms with E-state index in [0.29, 0.717) is 17.0 Å². The van der Waals surface area contributed by atoms with Crippen LogP contribution in [0.4, 0.5) is 0 Å². The minimum absolute atomic E-state index is 0.118. The van der Waals surface area contributed by atoms with Crippen LogP contribution < -0.4 is 5.32 Å². The molecule has 2 heterocycles. The molecule has 2 atom stereocenters. The summed E-state index contributed by atoms with van der Waals surface area (Å²) < 4.78 is 4.68. The molecule has 0 saturated heterocycles. The number of nitrogens with one attached hydrogen (secondary N) is 2. The molecule has 1 aliphatic carbocycles. The van der Waals surface area contributed by atoms with Crippen LogP contribution in [-0.4, -0.2) is 35.0 Å². The highest BCUT2D eigenvalue weighted by Gasteiger charge is 2.33. The fraction of sp³-hybridized carbons (Fsp3) is 0.526. The summed E-state index contributed by atoms with van der Waals surface area (Å²) >= 11 is 0. The van der Waals surface area contributed by atoms with Crippen molar-refractivity contribution in [1.29, 1.82) is 0 Å². The first-order valence-electron chi connectivity index (χ1n) is 8.67. The molecule has 1 aliphatic rings. The zero-order chi connectivity index (χ0) is 18.2. The van der Waals surface area contributed by atoms with Crippen LogP contribution in [0, 0.1) is 11.3 Å². The lowest BCUT2D eigenvalue weighted by Crippen LogP contribution is -2.44. The number of fused-ring (bicyclic) bond motifs is 1. The predicted molar refractivity (Wildman–Crippen MR) is 95.5 cm³/mol. The smallest absolute Gasteiger partial charge is 0.356 e. The Hall–Kier alpha value is -2.37. The number of methoxy groups -OCH3 is 1. The molecule has 2 aromatic rings. The maximum atomic E-state index is 12.6. The molecule has 3 rings (SSSR count). The zero-order valence-electron chi connectivity index (χ0n) is 15.2. The van der Waals surface area contributed by atoms with Crippen molar-refractivity contribution in [3.63, 3.8) is 0 Å². The number of H-pyrrole nitrogens is 1.